The van der Waals surface area contributed by atoms with Gasteiger partial charge in [0, 0.05) is 18.5 Å². The SMILES string of the molecule is CCN(C/C=C/C#CC(C)(C)C)Cc1cccc(OC[Si](C)(C)c2ccc(CO)cc2)c1. The van der Waals surface area contributed by atoms with Gasteiger partial charge in [0.15, 0.2) is 0 Å². The topological polar surface area (TPSA) is 32.7 Å². The molecule has 0 bridgehead atoms. The van der Waals surface area contributed by atoms with Crippen LogP contribution in [0, 0.1) is 17.3 Å². The van der Waals surface area contributed by atoms with E-state index in [1.54, 1.807) is 0 Å². The molecule has 0 aliphatic heterocycles. The van der Waals surface area contributed by atoms with Crippen LogP contribution < -0.4 is 9.92 Å². The van der Waals surface area contributed by atoms with Crippen molar-refractivity contribution < 1.29 is 9.84 Å². The molecule has 0 saturated carbocycles. The van der Waals surface area contributed by atoms with Crippen LogP contribution in [0.15, 0.2) is 60.7 Å². The summed E-state index contributed by atoms with van der Waals surface area (Å²) in [7, 11) is -1.73. The van der Waals surface area contributed by atoms with E-state index in [0.29, 0.717) is 0 Å². The molecule has 32 heavy (non-hydrogen) atoms. The number of nitrogens with zero attached hydrogens (tertiary/aromatic N) is 1. The maximum Gasteiger partial charge on any atom is 0.124 e. The van der Waals surface area contributed by atoms with Gasteiger partial charge in [0.2, 0.25) is 0 Å². The van der Waals surface area contributed by atoms with Gasteiger partial charge in [-0.25, -0.2) is 0 Å². The van der Waals surface area contributed by atoms with Crippen LogP contribution in [0.25, 0.3) is 0 Å². The lowest BCUT2D eigenvalue weighted by atomic mass is 9.98. The average Bonchev–Trinajstić information content (AvgIpc) is 2.76. The Labute approximate surface area is 196 Å². The third-order valence-electron chi connectivity index (χ3n) is 5.28. The van der Waals surface area contributed by atoms with Gasteiger partial charge >= 0.3 is 0 Å². The van der Waals surface area contributed by atoms with Crippen LogP contribution in [0.3, 0.4) is 0 Å². The number of benzene rings is 2. The van der Waals surface area contributed by atoms with Crippen LogP contribution in [0.5, 0.6) is 5.75 Å². The van der Waals surface area contributed by atoms with E-state index in [0.717, 1.165) is 37.2 Å². The molecule has 0 aliphatic carbocycles. The molecule has 2 aromatic carbocycles. The van der Waals surface area contributed by atoms with Gasteiger partial charge in [-0.2, -0.15) is 0 Å². The fraction of sp³-hybridized carbons (Fsp3) is 0.429. The van der Waals surface area contributed by atoms with E-state index in [-0.39, 0.29) is 12.0 Å². The van der Waals surface area contributed by atoms with Crippen molar-refractivity contribution in [2.24, 2.45) is 5.41 Å². The van der Waals surface area contributed by atoms with Gasteiger partial charge in [0.1, 0.15) is 13.8 Å². The Kier molecular flexibility index (Phi) is 9.77. The van der Waals surface area contributed by atoms with Crippen LogP contribution in [0.4, 0.5) is 0 Å². The molecule has 0 amide bonds. The van der Waals surface area contributed by atoms with Gasteiger partial charge in [-0.3, -0.25) is 4.90 Å². The van der Waals surface area contributed by atoms with E-state index in [2.05, 4.69) is 93.9 Å². The van der Waals surface area contributed by atoms with Crippen LogP contribution >= 0.6 is 0 Å². The summed E-state index contributed by atoms with van der Waals surface area (Å²) in [4.78, 5) is 2.38. The smallest absolute Gasteiger partial charge is 0.124 e. The molecule has 0 saturated heterocycles. The summed E-state index contributed by atoms with van der Waals surface area (Å²) in [5, 5.41) is 10.6. The van der Waals surface area contributed by atoms with Gasteiger partial charge in [-0.1, -0.05) is 79.5 Å². The molecule has 0 fully saturated rings. The summed E-state index contributed by atoms with van der Waals surface area (Å²) in [5.41, 5.74) is 2.24. The molecule has 0 atom stereocenters. The maximum atomic E-state index is 9.26. The second-order valence-corrected chi connectivity index (χ2v) is 14.6. The van der Waals surface area contributed by atoms with Crippen molar-refractivity contribution in [1.82, 2.24) is 4.90 Å². The van der Waals surface area contributed by atoms with Gasteiger partial charge < -0.3 is 9.84 Å². The molecule has 0 radical (unpaired) electrons. The number of aliphatic hydroxyl groups is 1. The zero-order valence-corrected chi connectivity index (χ0v) is 21.6. The molecule has 0 spiro atoms. The minimum absolute atomic E-state index is 0.0372. The molecule has 0 aliphatic rings. The lowest BCUT2D eigenvalue weighted by Crippen LogP contribution is -2.47. The highest BCUT2D eigenvalue weighted by atomic mass is 28.3. The second kappa shape index (κ2) is 12.1. The molecule has 0 aromatic heterocycles. The Morgan fingerprint density at radius 1 is 1.06 bits per heavy atom. The zero-order valence-electron chi connectivity index (χ0n) is 20.6. The Hall–Kier alpha value is -2.32. The number of aliphatic hydroxyl groups excluding tert-OH is 1. The van der Waals surface area contributed by atoms with E-state index in [1.165, 1.54) is 10.8 Å². The number of hydrogen-bond acceptors (Lipinski definition) is 3. The Bertz CT molecular complexity index is 930. The predicted molar refractivity (Wildman–Crippen MR) is 139 cm³/mol. The normalized spacial score (nSPS) is 12.1. The quantitative estimate of drug-likeness (QED) is 0.403. The number of likely N-dealkylation sites (N-methyl/N-ethyl adjacent to an activating group) is 1. The lowest BCUT2D eigenvalue weighted by molar-refractivity contribution is 0.282. The van der Waals surface area contributed by atoms with Gasteiger partial charge in [0.25, 0.3) is 0 Å². The summed E-state index contributed by atoms with van der Waals surface area (Å²) in [5.74, 6) is 7.31. The Morgan fingerprint density at radius 3 is 2.41 bits per heavy atom. The highest BCUT2D eigenvalue weighted by Gasteiger charge is 2.24. The molecule has 1 N–H and O–H groups in total. The first kappa shape index (κ1) is 25.9. The standard InChI is InChI=1S/C28H39NO2Si/c1-7-29(19-10-8-9-18-28(2,3)4)21-25-12-11-13-26(20-25)31-23-32(5,6)27-16-14-24(22-30)15-17-27/h8,10-17,20,30H,7,19,21-23H2,1-6H3/b10-8+. The van der Waals surface area contributed by atoms with Crippen molar-refractivity contribution in [2.45, 2.75) is 53.9 Å². The molecule has 0 unspecified atom stereocenters. The lowest BCUT2D eigenvalue weighted by Gasteiger charge is -2.24. The van der Waals surface area contributed by atoms with E-state index in [1.807, 2.05) is 24.3 Å². The van der Waals surface area contributed by atoms with Gasteiger partial charge in [0.05, 0.1) is 12.8 Å². The molecule has 172 valence electrons. The fourth-order valence-corrected chi connectivity index (χ4v) is 4.99. The predicted octanol–water partition coefficient (Wildman–Crippen LogP) is 5.14. The minimum atomic E-state index is -1.73. The molecular formula is C28H39NO2Si. The van der Waals surface area contributed by atoms with Crippen molar-refractivity contribution in [3.63, 3.8) is 0 Å². The van der Waals surface area contributed by atoms with Crippen LogP contribution in [0.1, 0.15) is 38.8 Å². The van der Waals surface area contributed by atoms with Crippen molar-refractivity contribution in [3.05, 3.63) is 71.8 Å². The van der Waals surface area contributed by atoms with Crippen molar-refractivity contribution in [3.8, 4) is 17.6 Å². The molecular weight excluding hydrogens is 410 g/mol. The van der Waals surface area contributed by atoms with Crippen LogP contribution in [0.2, 0.25) is 13.1 Å². The molecule has 0 heterocycles. The Balaban J connectivity index is 1.95. The van der Waals surface area contributed by atoms with Gasteiger partial charge in [-0.15, -0.1) is 0 Å². The highest BCUT2D eigenvalue weighted by molar-refractivity contribution is 6.89. The minimum Gasteiger partial charge on any atom is -0.497 e. The molecule has 3 nitrogen and oxygen atoms in total. The third kappa shape index (κ3) is 9.04. The summed E-state index contributed by atoms with van der Waals surface area (Å²) in [6, 6.07) is 16.7. The van der Waals surface area contributed by atoms with E-state index >= 15 is 0 Å². The van der Waals surface area contributed by atoms with E-state index < -0.39 is 8.07 Å². The third-order valence-corrected chi connectivity index (χ3v) is 8.04. The van der Waals surface area contributed by atoms with Crippen molar-refractivity contribution >= 4 is 13.3 Å². The fourth-order valence-electron chi connectivity index (χ4n) is 3.22. The summed E-state index contributed by atoms with van der Waals surface area (Å²) < 4.78 is 6.24. The number of hydrogen-bond donors (Lipinski definition) is 1. The van der Waals surface area contributed by atoms with Gasteiger partial charge in [-0.05, 0) is 56.7 Å². The van der Waals surface area contributed by atoms with E-state index in [9.17, 15) is 5.11 Å². The van der Waals surface area contributed by atoms with Crippen molar-refractivity contribution in [2.75, 3.05) is 19.3 Å². The van der Waals surface area contributed by atoms with Crippen LogP contribution in [-0.4, -0.2) is 37.4 Å². The number of allylic oxidation sites excluding steroid dienone is 1. The largest absolute Gasteiger partial charge is 0.497 e. The number of rotatable bonds is 10. The second-order valence-electron chi connectivity index (χ2n) is 9.92. The first-order valence-electron chi connectivity index (χ1n) is 11.4. The summed E-state index contributed by atoms with van der Waals surface area (Å²) in [6.45, 7) is 16.0. The molecule has 2 rings (SSSR count). The first-order valence-corrected chi connectivity index (χ1v) is 14.7. The molecule has 2 aromatic rings. The van der Waals surface area contributed by atoms with Crippen LogP contribution in [-0.2, 0) is 13.2 Å². The summed E-state index contributed by atoms with van der Waals surface area (Å²) >= 11 is 0. The zero-order chi connectivity index (χ0) is 23.6. The molecule has 4 heteroatoms. The maximum absolute atomic E-state index is 9.26. The average molecular weight is 450 g/mol. The highest BCUT2D eigenvalue weighted by Crippen LogP contribution is 2.17. The monoisotopic (exact) mass is 449 g/mol. The first-order chi connectivity index (χ1) is 15.1. The van der Waals surface area contributed by atoms with E-state index in [4.69, 9.17) is 4.74 Å². The number of ether oxygens (including phenoxy) is 1. The summed E-state index contributed by atoms with van der Waals surface area (Å²) in [6.07, 6.45) is 4.83. The van der Waals surface area contributed by atoms with Crippen molar-refractivity contribution in [1.29, 1.82) is 0 Å². The Morgan fingerprint density at radius 2 is 1.78 bits per heavy atom.